The molecule has 0 saturated heterocycles. The number of imidazole rings is 1. The lowest BCUT2D eigenvalue weighted by Gasteiger charge is -2.20. The monoisotopic (exact) mass is 359 g/mol. The molecular weight excluding hydrogens is 345 g/mol. The first kappa shape index (κ1) is 16.9. The number of carbonyl (C=O) groups is 1. The van der Waals surface area contributed by atoms with Gasteiger partial charge in [-0.05, 0) is 36.3 Å². The fourth-order valence-electron chi connectivity index (χ4n) is 2.36. The highest BCUT2D eigenvalue weighted by Gasteiger charge is 2.24. The Balaban J connectivity index is 2.63. The third-order valence-electron chi connectivity index (χ3n) is 3.36. The molecule has 3 N–H and O–H groups in total. The van der Waals surface area contributed by atoms with Gasteiger partial charge in [0.1, 0.15) is 5.82 Å². The van der Waals surface area contributed by atoms with Gasteiger partial charge in [0, 0.05) is 0 Å². The number of anilines is 1. The molecule has 0 fully saturated rings. The second-order valence-corrected chi connectivity index (χ2v) is 5.85. The number of halogens is 2. The van der Waals surface area contributed by atoms with Gasteiger partial charge in [-0.2, -0.15) is 0 Å². The number of hydrogen-bond acceptors (Lipinski definition) is 4. The Kier molecular flexibility index (Phi) is 5.16. The summed E-state index contributed by atoms with van der Waals surface area (Å²) in [7, 11) is 1.29. The van der Waals surface area contributed by atoms with Gasteiger partial charge >= 0.3 is 5.97 Å². The molecule has 1 atom stereocenters. The summed E-state index contributed by atoms with van der Waals surface area (Å²) in [5.41, 5.74) is 6.92. The van der Waals surface area contributed by atoms with Gasteiger partial charge in [0.05, 0.1) is 23.2 Å². The fraction of sp³-hybridized carbons (Fsp3) is 0.286. The van der Waals surface area contributed by atoms with Crippen LogP contribution >= 0.6 is 35.4 Å². The van der Waals surface area contributed by atoms with E-state index in [0.29, 0.717) is 21.2 Å². The van der Waals surface area contributed by atoms with E-state index in [1.165, 1.54) is 7.11 Å². The molecule has 1 aromatic heterocycles. The van der Waals surface area contributed by atoms with Crippen molar-refractivity contribution in [3.8, 4) is 0 Å². The van der Waals surface area contributed by atoms with Crippen molar-refractivity contribution in [2.75, 3.05) is 12.8 Å². The van der Waals surface area contributed by atoms with E-state index < -0.39 is 5.97 Å². The number of nitrogens with zero attached hydrogens (tertiary/aromatic N) is 1. The maximum Gasteiger partial charge on any atom is 0.358 e. The molecule has 0 saturated carbocycles. The minimum Gasteiger partial charge on any atom is -0.464 e. The zero-order valence-corrected chi connectivity index (χ0v) is 14.4. The van der Waals surface area contributed by atoms with E-state index in [2.05, 4.69) is 4.98 Å². The van der Waals surface area contributed by atoms with E-state index in [0.717, 1.165) is 5.56 Å². The second kappa shape index (κ2) is 6.73. The van der Waals surface area contributed by atoms with Crippen molar-refractivity contribution in [1.29, 1.82) is 0 Å². The lowest BCUT2D eigenvalue weighted by Crippen LogP contribution is -2.18. The van der Waals surface area contributed by atoms with Crippen molar-refractivity contribution in [3.05, 3.63) is 44.3 Å². The lowest BCUT2D eigenvalue weighted by molar-refractivity contribution is 0.0588. The van der Waals surface area contributed by atoms with Gasteiger partial charge in [-0.3, -0.25) is 0 Å². The van der Waals surface area contributed by atoms with Crippen LogP contribution in [0.15, 0.2) is 18.2 Å². The quantitative estimate of drug-likeness (QED) is 0.632. The van der Waals surface area contributed by atoms with Crippen molar-refractivity contribution in [2.24, 2.45) is 0 Å². The molecule has 0 aliphatic carbocycles. The number of aromatic nitrogens is 2. The highest BCUT2D eigenvalue weighted by atomic mass is 35.5. The number of ether oxygens (including phenoxy) is 1. The first-order valence-corrected chi connectivity index (χ1v) is 7.70. The molecule has 5 nitrogen and oxygen atoms in total. The van der Waals surface area contributed by atoms with Gasteiger partial charge in [-0.15, -0.1) is 0 Å². The predicted octanol–water partition coefficient (Wildman–Crippen LogP) is 4.22. The Morgan fingerprint density at radius 3 is 2.68 bits per heavy atom. The number of nitrogen functional groups attached to an aromatic ring is 1. The van der Waals surface area contributed by atoms with Gasteiger partial charge in [0.25, 0.3) is 0 Å². The molecule has 2 aromatic rings. The third kappa shape index (κ3) is 2.99. The van der Waals surface area contributed by atoms with E-state index >= 15 is 0 Å². The summed E-state index contributed by atoms with van der Waals surface area (Å²) < 4.78 is 6.78. The van der Waals surface area contributed by atoms with Crippen LogP contribution in [0, 0.1) is 4.77 Å². The first-order valence-electron chi connectivity index (χ1n) is 6.53. The van der Waals surface area contributed by atoms with Gasteiger partial charge in [-0.1, -0.05) is 36.2 Å². The average Bonchev–Trinajstić information content (AvgIpc) is 2.77. The zero-order valence-electron chi connectivity index (χ0n) is 12.0. The minimum atomic E-state index is -0.552. The van der Waals surface area contributed by atoms with Crippen LogP contribution in [0.25, 0.3) is 0 Å². The molecule has 0 amide bonds. The number of esters is 1. The summed E-state index contributed by atoms with van der Waals surface area (Å²) >= 11 is 17.3. The summed E-state index contributed by atoms with van der Waals surface area (Å²) in [4.78, 5) is 14.8. The number of carbonyl (C=O) groups excluding carboxylic acids is 1. The molecule has 0 radical (unpaired) electrons. The van der Waals surface area contributed by atoms with Crippen molar-refractivity contribution in [2.45, 2.75) is 19.4 Å². The van der Waals surface area contributed by atoms with Crippen LogP contribution in [-0.2, 0) is 4.74 Å². The summed E-state index contributed by atoms with van der Waals surface area (Å²) in [6.45, 7) is 1.97. The third-order valence-corrected chi connectivity index (χ3v) is 4.40. The number of nitrogens with one attached hydrogen (secondary N) is 1. The zero-order chi connectivity index (χ0) is 16.4. The summed E-state index contributed by atoms with van der Waals surface area (Å²) in [6, 6.07) is 5.09. The first-order chi connectivity index (χ1) is 10.4. The maximum atomic E-state index is 12.0. The smallest absolute Gasteiger partial charge is 0.358 e. The van der Waals surface area contributed by atoms with E-state index in [-0.39, 0.29) is 17.6 Å². The van der Waals surface area contributed by atoms with Crippen LogP contribution < -0.4 is 5.73 Å². The Labute approximate surface area is 143 Å². The van der Waals surface area contributed by atoms with Gasteiger partial charge in [-0.25, -0.2) is 4.79 Å². The number of methoxy groups -OCH3 is 1. The maximum absolute atomic E-state index is 12.0. The number of nitrogens with two attached hydrogens (primary N) is 1. The van der Waals surface area contributed by atoms with Crippen molar-refractivity contribution >= 4 is 47.2 Å². The molecule has 2 rings (SSSR count). The molecule has 8 heteroatoms. The highest BCUT2D eigenvalue weighted by molar-refractivity contribution is 7.71. The van der Waals surface area contributed by atoms with Gasteiger partial charge in [0.15, 0.2) is 10.5 Å². The van der Waals surface area contributed by atoms with E-state index in [4.69, 9.17) is 45.9 Å². The predicted molar refractivity (Wildman–Crippen MR) is 90.3 cm³/mol. The summed E-state index contributed by atoms with van der Waals surface area (Å²) in [6.07, 6.45) is 0.674. The number of rotatable bonds is 4. The second-order valence-electron chi connectivity index (χ2n) is 4.65. The number of aromatic amines is 1. The molecule has 0 aliphatic rings. The topological polar surface area (TPSA) is 73.0 Å². The van der Waals surface area contributed by atoms with Crippen molar-refractivity contribution in [1.82, 2.24) is 9.55 Å². The Morgan fingerprint density at radius 1 is 1.45 bits per heavy atom. The molecule has 1 aromatic carbocycles. The van der Waals surface area contributed by atoms with Crippen LogP contribution in [0.3, 0.4) is 0 Å². The van der Waals surface area contributed by atoms with Crippen LogP contribution in [-0.4, -0.2) is 22.6 Å². The normalized spacial score (nSPS) is 12.2. The van der Waals surface area contributed by atoms with Crippen LogP contribution in [0.4, 0.5) is 5.82 Å². The van der Waals surface area contributed by atoms with Gasteiger partial charge < -0.3 is 20.0 Å². The molecular formula is C14H15Cl2N3O2S. The molecule has 118 valence electrons. The molecule has 22 heavy (non-hydrogen) atoms. The van der Waals surface area contributed by atoms with E-state index in [1.807, 2.05) is 13.0 Å². The standard InChI is InChI=1S/C14H15Cl2N3O2S/c1-3-10(7-4-5-8(15)9(16)6-7)19-11(13(20)21-2)12(17)18-14(19)22/h4-6,10H,3,17H2,1-2H3,(H,18,22). The lowest BCUT2D eigenvalue weighted by atomic mass is 10.0. The highest BCUT2D eigenvalue weighted by Crippen LogP contribution is 2.31. The number of H-pyrrole nitrogens is 1. The largest absolute Gasteiger partial charge is 0.464 e. The number of benzene rings is 1. The average molecular weight is 360 g/mol. The molecule has 0 aliphatic heterocycles. The Bertz CT molecular complexity index is 770. The van der Waals surface area contributed by atoms with Crippen molar-refractivity contribution < 1.29 is 9.53 Å². The Morgan fingerprint density at radius 2 is 2.14 bits per heavy atom. The molecule has 1 heterocycles. The molecule has 0 bridgehead atoms. The SMILES string of the molecule is CCC(c1ccc(Cl)c(Cl)c1)n1c(C(=O)OC)c(N)[nH]c1=S. The fourth-order valence-corrected chi connectivity index (χ4v) is 2.99. The number of hydrogen-bond donors (Lipinski definition) is 2. The minimum absolute atomic E-state index is 0.176. The van der Waals surface area contributed by atoms with E-state index in [9.17, 15) is 4.79 Å². The summed E-state index contributed by atoms with van der Waals surface area (Å²) in [5, 5.41) is 0.901. The molecule has 1 unspecified atom stereocenters. The Hall–Kier alpha value is -1.50. The van der Waals surface area contributed by atoms with Gasteiger partial charge in [0.2, 0.25) is 0 Å². The van der Waals surface area contributed by atoms with Crippen LogP contribution in [0.2, 0.25) is 10.0 Å². The van der Waals surface area contributed by atoms with E-state index in [1.54, 1.807) is 16.7 Å². The van der Waals surface area contributed by atoms with Crippen LogP contribution in [0.1, 0.15) is 35.4 Å². The summed E-state index contributed by atoms with van der Waals surface area (Å²) in [5.74, 6) is -0.376. The molecule has 0 spiro atoms. The van der Waals surface area contributed by atoms with Crippen molar-refractivity contribution in [3.63, 3.8) is 0 Å². The van der Waals surface area contributed by atoms with Crippen LogP contribution in [0.5, 0.6) is 0 Å².